The minimum absolute atomic E-state index is 0.148. The summed E-state index contributed by atoms with van der Waals surface area (Å²) in [5.74, 6) is -2.62. The van der Waals surface area contributed by atoms with Crippen LogP contribution in [0.5, 0.6) is 0 Å². The van der Waals surface area contributed by atoms with Gasteiger partial charge in [0.2, 0.25) is 0 Å². The third-order valence-corrected chi connectivity index (χ3v) is 2.20. The van der Waals surface area contributed by atoms with E-state index in [1.807, 2.05) is 0 Å². The van der Waals surface area contributed by atoms with Gasteiger partial charge in [0.1, 0.15) is 6.54 Å². The molecule has 6 nitrogen and oxygen atoms in total. The Balaban J connectivity index is 2.83. The van der Waals surface area contributed by atoms with Crippen molar-refractivity contribution >= 4 is 23.9 Å². The van der Waals surface area contributed by atoms with Gasteiger partial charge in [0.15, 0.2) is 0 Å². The summed E-state index contributed by atoms with van der Waals surface area (Å²) in [4.78, 5) is 32.5. The number of hydrogen-bond acceptors (Lipinski definition) is 3. The molecular formula is C13H13NO5. The second-order valence-electron chi connectivity index (χ2n) is 3.66. The highest BCUT2D eigenvalue weighted by atomic mass is 16.4. The van der Waals surface area contributed by atoms with Gasteiger partial charge in [-0.25, -0.2) is 0 Å². The normalized spacial score (nSPS) is 10.3. The van der Waals surface area contributed by atoms with Crippen molar-refractivity contribution in [2.24, 2.45) is 0 Å². The molecule has 6 heteroatoms. The average molecular weight is 263 g/mol. The lowest BCUT2D eigenvalue weighted by Gasteiger charge is -2.05. The molecule has 0 aromatic heterocycles. The van der Waals surface area contributed by atoms with Crippen LogP contribution in [0.15, 0.2) is 30.3 Å². The van der Waals surface area contributed by atoms with E-state index >= 15 is 0 Å². The number of carboxylic acids is 2. The average Bonchev–Trinajstić information content (AvgIpc) is 2.36. The minimum atomic E-state index is -1.13. The molecule has 0 fully saturated rings. The molecule has 1 rings (SSSR count). The van der Waals surface area contributed by atoms with E-state index < -0.39 is 24.4 Å². The van der Waals surface area contributed by atoms with Gasteiger partial charge in [-0.2, -0.15) is 0 Å². The van der Waals surface area contributed by atoms with Crippen LogP contribution in [0, 0.1) is 0 Å². The van der Waals surface area contributed by atoms with Gasteiger partial charge < -0.3 is 15.5 Å². The highest BCUT2D eigenvalue weighted by molar-refractivity contribution is 5.99. The maximum Gasteiger partial charge on any atom is 0.322 e. The van der Waals surface area contributed by atoms with Crippen molar-refractivity contribution in [2.45, 2.75) is 6.42 Å². The molecule has 1 aromatic carbocycles. The molecule has 0 bridgehead atoms. The van der Waals surface area contributed by atoms with Crippen LogP contribution in [-0.4, -0.2) is 34.6 Å². The largest absolute Gasteiger partial charge is 0.481 e. The van der Waals surface area contributed by atoms with Crippen LogP contribution in [0.2, 0.25) is 0 Å². The fourth-order valence-electron chi connectivity index (χ4n) is 1.39. The predicted molar refractivity (Wildman–Crippen MR) is 67.7 cm³/mol. The van der Waals surface area contributed by atoms with Gasteiger partial charge in [0.25, 0.3) is 5.91 Å². The third kappa shape index (κ3) is 5.03. The van der Waals surface area contributed by atoms with Gasteiger partial charge in [-0.05, 0) is 11.6 Å². The number of benzene rings is 1. The lowest BCUT2D eigenvalue weighted by atomic mass is 10.1. The van der Waals surface area contributed by atoms with Gasteiger partial charge in [-0.1, -0.05) is 30.4 Å². The van der Waals surface area contributed by atoms with E-state index in [0.717, 1.165) is 0 Å². The monoisotopic (exact) mass is 263 g/mol. The lowest BCUT2D eigenvalue weighted by Crippen LogP contribution is -2.29. The van der Waals surface area contributed by atoms with Crippen molar-refractivity contribution in [1.82, 2.24) is 5.32 Å². The fraction of sp³-hybridized carbons (Fsp3) is 0.154. The number of rotatable bonds is 6. The van der Waals surface area contributed by atoms with Crippen LogP contribution in [0.1, 0.15) is 22.3 Å². The zero-order chi connectivity index (χ0) is 14.3. The Morgan fingerprint density at radius 2 is 1.79 bits per heavy atom. The SMILES string of the molecule is O=C(O)CC=Cc1ccccc1C(=O)NCC(=O)O. The highest BCUT2D eigenvalue weighted by Crippen LogP contribution is 2.11. The first-order chi connectivity index (χ1) is 9.00. The molecule has 1 amide bonds. The molecule has 100 valence electrons. The predicted octanol–water partition coefficient (Wildman–Crippen LogP) is 0.989. The van der Waals surface area contributed by atoms with Crippen molar-refractivity contribution in [3.8, 4) is 0 Å². The molecule has 0 heterocycles. The number of carbonyl (C=O) groups is 3. The summed E-state index contributed by atoms with van der Waals surface area (Å²) in [5.41, 5.74) is 0.831. The summed E-state index contributed by atoms with van der Waals surface area (Å²) >= 11 is 0. The van der Waals surface area contributed by atoms with Crippen molar-refractivity contribution in [3.63, 3.8) is 0 Å². The maximum atomic E-state index is 11.7. The first-order valence-electron chi connectivity index (χ1n) is 5.48. The van der Waals surface area contributed by atoms with Gasteiger partial charge in [-0.15, -0.1) is 0 Å². The van der Waals surface area contributed by atoms with Gasteiger partial charge in [-0.3, -0.25) is 14.4 Å². The van der Waals surface area contributed by atoms with Crippen LogP contribution < -0.4 is 5.32 Å². The Kier molecular flexibility index (Phi) is 5.28. The first kappa shape index (κ1) is 14.4. The van der Waals surface area contributed by atoms with E-state index in [1.165, 1.54) is 18.2 Å². The standard InChI is InChI=1S/C13H13NO5/c15-11(16)7-3-5-9-4-1-2-6-10(9)13(19)14-8-12(17)18/h1-6H,7-8H2,(H,14,19)(H,15,16)(H,17,18). The second-order valence-corrected chi connectivity index (χ2v) is 3.66. The van der Waals surface area contributed by atoms with Crippen LogP contribution in [0.25, 0.3) is 6.08 Å². The first-order valence-corrected chi connectivity index (χ1v) is 5.48. The summed E-state index contributed by atoms with van der Waals surface area (Å²) in [6.07, 6.45) is 2.79. The summed E-state index contributed by atoms with van der Waals surface area (Å²) in [6.45, 7) is -0.466. The topological polar surface area (TPSA) is 104 Å². The van der Waals surface area contributed by atoms with Crippen molar-refractivity contribution in [1.29, 1.82) is 0 Å². The Bertz CT molecular complexity index is 522. The van der Waals surface area contributed by atoms with E-state index in [-0.39, 0.29) is 6.42 Å². The second kappa shape index (κ2) is 6.95. The van der Waals surface area contributed by atoms with E-state index in [0.29, 0.717) is 11.1 Å². The summed E-state index contributed by atoms with van der Waals surface area (Å²) in [6, 6.07) is 6.53. The number of carbonyl (C=O) groups excluding carboxylic acids is 1. The molecule has 0 saturated heterocycles. The summed E-state index contributed by atoms with van der Waals surface area (Å²) < 4.78 is 0. The van der Waals surface area contributed by atoms with Crippen LogP contribution in [0.3, 0.4) is 0 Å². The molecule has 0 saturated carbocycles. The molecule has 19 heavy (non-hydrogen) atoms. The van der Waals surface area contributed by atoms with E-state index in [9.17, 15) is 14.4 Å². The van der Waals surface area contributed by atoms with Crippen LogP contribution in [0.4, 0.5) is 0 Å². The van der Waals surface area contributed by atoms with Crippen molar-refractivity contribution < 1.29 is 24.6 Å². The van der Waals surface area contributed by atoms with Crippen molar-refractivity contribution in [3.05, 3.63) is 41.5 Å². The molecule has 0 radical (unpaired) electrons. The maximum absolute atomic E-state index is 11.7. The third-order valence-electron chi connectivity index (χ3n) is 2.20. The molecule has 0 aliphatic carbocycles. The summed E-state index contributed by atoms with van der Waals surface area (Å²) in [5, 5.41) is 19.3. The fourth-order valence-corrected chi connectivity index (χ4v) is 1.39. The molecule has 1 aromatic rings. The quantitative estimate of drug-likeness (QED) is 0.710. The van der Waals surface area contributed by atoms with E-state index in [4.69, 9.17) is 10.2 Å². The molecule has 0 unspecified atom stereocenters. The molecular weight excluding hydrogens is 250 g/mol. The molecule has 0 spiro atoms. The Morgan fingerprint density at radius 3 is 2.42 bits per heavy atom. The molecule has 0 aliphatic heterocycles. The minimum Gasteiger partial charge on any atom is -0.481 e. The number of aliphatic carboxylic acids is 2. The number of nitrogens with one attached hydrogen (secondary N) is 1. The smallest absolute Gasteiger partial charge is 0.322 e. The van der Waals surface area contributed by atoms with Gasteiger partial charge in [0.05, 0.1) is 6.42 Å². The van der Waals surface area contributed by atoms with Crippen molar-refractivity contribution in [2.75, 3.05) is 6.54 Å². The Morgan fingerprint density at radius 1 is 1.11 bits per heavy atom. The zero-order valence-corrected chi connectivity index (χ0v) is 10.00. The molecule has 0 atom stereocenters. The lowest BCUT2D eigenvalue weighted by molar-refractivity contribution is -0.136. The Labute approximate surface area is 109 Å². The van der Waals surface area contributed by atoms with Crippen LogP contribution in [-0.2, 0) is 9.59 Å². The molecule has 3 N–H and O–H groups in total. The summed E-state index contributed by atoms with van der Waals surface area (Å²) in [7, 11) is 0. The van der Waals surface area contributed by atoms with E-state index in [1.54, 1.807) is 18.2 Å². The van der Waals surface area contributed by atoms with Gasteiger partial charge >= 0.3 is 11.9 Å². The number of amides is 1. The highest BCUT2D eigenvalue weighted by Gasteiger charge is 2.09. The zero-order valence-electron chi connectivity index (χ0n) is 10.00. The Hall–Kier alpha value is -2.63. The number of carboxylic acid groups (broad SMARTS) is 2. The number of hydrogen-bond donors (Lipinski definition) is 3. The molecule has 0 aliphatic rings. The van der Waals surface area contributed by atoms with E-state index in [2.05, 4.69) is 5.32 Å². The van der Waals surface area contributed by atoms with Crippen LogP contribution >= 0.6 is 0 Å². The van der Waals surface area contributed by atoms with Gasteiger partial charge in [0, 0.05) is 5.56 Å².